The first-order chi connectivity index (χ1) is 47.6. The lowest BCUT2D eigenvalue weighted by atomic mass is 9.96. The van der Waals surface area contributed by atoms with Crippen LogP contribution in [0.4, 0.5) is 0 Å². The van der Waals surface area contributed by atoms with Crippen LogP contribution in [-0.4, -0.2) is 179 Å². The Labute approximate surface area is 566 Å². The molecule has 38 nitrogen and oxygen atoms in total. The zero-order valence-corrected chi connectivity index (χ0v) is 56.1. The first-order valence-electron chi connectivity index (χ1n) is 29.9. The molecule has 99 heavy (non-hydrogen) atoms. The van der Waals surface area contributed by atoms with Crippen LogP contribution in [0.1, 0.15) is 101 Å². The number of hydrogen-bond acceptors (Lipinski definition) is 28. The summed E-state index contributed by atoms with van der Waals surface area (Å²) in [6.45, 7) is 16.0. The van der Waals surface area contributed by atoms with Crippen molar-refractivity contribution in [1.29, 1.82) is 0 Å². The van der Waals surface area contributed by atoms with E-state index in [9.17, 15) is 47.9 Å². The number of methoxy groups -OCH3 is 5. The zero-order valence-electron chi connectivity index (χ0n) is 56.1. The van der Waals surface area contributed by atoms with E-state index in [0.29, 0.717) is 22.9 Å². The molecule has 1 fully saturated rings. The molecule has 8 heterocycles. The monoisotopic (exact) mass is 1380 g/mol. The minimum Gasteiger partial charge on any atom is -0.466 e. The Morgan fingerprint density at radius 1 is 0.364 bits per heavy atom. The summed E-state index contributed by atoms with van der Waals surface area (Å²) in [7, 11) is 6.23. The van der Waals surface area contributed by atoms with E-state index in [-0.39, 0.29) is 19.2 Å². The molecule has 1 saturated carbocycles. The molecule has 9 aromatic rings. The Kier molecular flexibility index (Phi) is 40.7. The fourth-order valence-electron chi connectivity index (χ4n) is 6.96. The summed E-state index contributed by atoms with van der Waals surface area (Å²) in [4.78, 5) is 125. The molecule has 10 rings (SSSR count). The highest BCUT2D eigenvalue weighted by Gasteiger charge is 2.20. The van der Waals surface area contributed by atoms with Gasteiger partial charge < -0.3 is 23.7 Å². The van der Waals surface area contributed by atoms with E-state index in [0.717, 1.165) is 98.2 Å². The number of aromatic nitrogens is 23. The molecular weight excluding hydrogens is 1290 g/mol. The number of hydrogen-bond donors (Lipinski definition) is 0. The standard InChI is InChI=1S/C11H16N4O3.C11H10N4O3.3C10H9N5O3.4C2H6.CH4/c2*1-18-10(16)7-8-14-11(17)15(13-12-14)9-5-3-2-4-6-9;1-18-9(16)4-7-14-10(17)15(13-12-14)8-2-5-11-6-3-8;1-18-9(16)4-6-14-10(17)15(13-12-14)8-3-2-5-11-7-8;1-18-9(16)5-7-14-10(17)15(13-12-14)8-4-2-3-6-11-8;4*1-2;/h7-9H,2-6H2,1H3;2-8H,1H3;3*2-7H,1H3;4*1-2H3;1H4/b2*8-7-;7-4-;6-4-;7-5-;;;;;. The molecule has 0 aliphatic heterocycles. The van der Waals surface area contributed by atoms with Crippen LogP contribution in [0.15, 0.2) is 158 Å². The van der Waals surface area contributed by atoms with E-state index < -0.39 is 52.6 Å². The predicted octanol–water partition coefficient (Wildman–Crippen LogP) is 3.81. The van der Waals surface area contributed by atoms with Gasteiger partial charge in [-0.1, -0.05) is 106 Å². The van der Waals surface area contributed by atoms with Crippen molar-refractivity contribution in [2.75, 3.05) is 35.5 Å². The van der Waals surface area contributed by atoms with Gasteiger partial charge in [0, 0.05) is 86.2 Å². The molecule has 530 valence electrons. The number of benzene rings is 1. The van der Waals surface area contributed by atoms with Gasteiger partial charge in [-0.15, -0.1) is 4.68 Å². The minimum absolute atomic E-state index is 0. The summed E-state index contributed by atoms with van der Waals surface area (Å²) in [6, 6.07) is 20.6. The van der Waals surface area contributed by atoms with E-state index >= 15 is 0 Å². The molecule has 8 aromatic heterocycles. The average Bonchev–Trinajstić information content (AvgIpc) is 1.76. The highest BCUT2D eigenvalue weighted by molar-refractivity contribution is 5.86. The number of esters is 5. The number of ether oxygens (including phenoxy) is 5. The number of rotatable bonds is 15. The van der Waals surface area contributed by atoms with E-state index in [2.05, 4.69) is 90.8 Å². The molecule has 0 saturated heterocycles. The van der Waals surface area contributed by atoms with Crippen LogP contribution in [0.3, 0.4) is 0 Å². The van der Waals surface area contributed by atoms with Crippen molar-refractivity contribution in [2.24, 2.45) is 0 Å². The third-order valence-electron chi connectivity index (χ3n) is 11.4. The topological polar surface area (TPSA) is 434 Å². The van der Waals surface area contributed by atoms with Gasteiger partial charge in [-0.25, -0.2) is 52.9 Å². The van der Waals surface area contributed by atoms with Crippen LogP contribution in [0.2, 0.25) is 0 Å². The van der Waals surface area contributed by atoms with Crippen LogP contribution in [0.5, 0.6) is 0 Å². The molecule has 0 atom stereocenters. The second-order valence-corrected chi connectivity index (χ2v) is 17.0. The highest BCUT2D eigenvalue weighted by atomic mass is 16.5. The number of tetrazole rings is 5. The van der Waals surface area contributed by atoms with Gasteiger partial charge in [0.05, 0.1) is 64.8 Å². The molecule has 0 amide bonds. The summed E-state index contributed by atoms with van der Waals surface area (Å²) in [5.74, 6) is -2.52. The molecular formula is C61H81N23O15. The van der Waals surface area contributed by atoms with Crippen LogP contribution < -0.4 is 28.4 Å². The maximum atomic E-state index is 12.0. The third-order valence-corrected chi connectivity index (χ3v) is 11.4. The normalized spacial score (nSPS) is 11.2. The Bertz CT molecular complexity index is 3830. The molecule has 0 radical (unpaired) electrons. The third kappa shape index (κ3) is 27.1. The fraction of sp³-hybridized carbons (Fsp3) is 0.328. The number of carbonyl (C=O) groups is 5. The second-order valence-electron chi connectivity index (χ2n) is 17.0. The van der Waals surface area contributed by atoms with Crippen LogP contribution in [-0.2, 0) is 47.7 Å². The Hall–Kier alpha value is -12.9. The Balaban J connectivity index is 0.000000601. The van der Waals surface area contributed by atoms with Gasteiger partial charge in [0.25, 0.3) is 0 Å². The van der Waals surface area contributed by atoms with E-state index in [1.165, 1.54) is 102 Å². The van der Waals surface area contributed by atoms with Gasteiger partial charge in [0.2, 0.25) is 0 Å². The Morgan fingerprint density at radius 3 is 1.08 bits per heavy atom. The number of para-hydroxylation sites is 1. The van der Waals surface area contributed by atoms with Crippen molar-refractivity contribution in [1.82, 2.24) is 114 Å². The van der Waals surface area contributed by atoms with Crippen molar-refractivity contribution in [3.05, 3.63) is 187 Å². The summed E-state index contributed by atoms with van der Waals surface area (Å²) in [5.41, 5.74) is -0.713. The molecule has 0 unspecified atom stereocenters. The summed E-state index contributed by atoms with van der Waals surface area (Å²) in [5, 5.41) is 36.7. The minimum atomic E-state index is -0.589. The first-order valence-corrected chi connectivity index (χ1v) is 29.9. The maximum Gasteiger partial charge on any atom is 0.374 e. The maximum absolute atomic E-state index is 12.0. The Morgan fingerprint density at radius 2 is 0.707 bits per heavy atom. The highest BCUT2D eigenvalue weighted by Crippen LogP contribution is 2.25. The van der Waals surface area contributed by atoms with Crippen LogP contribution >= 0.6 is 0 Å². The predicted molar refractivity (Wildman–Crippen MR) is 361 cm³/mol. The van der Waals surface area contributed by atoms with Crippen molar-refractivity contribution in [3.8, 4) is 22.9 Å². The lowest BCUT2D eigenvalue weighted by Crippen LogP contribution is -2.28. The molecule has 0 bridgehead atoms. The summed E-state index contributed by atoms with van der Waals surface area (Å²) < 4.78 is 32.5. The lowest BCUT2D eigenvalue weighted by molar-refractivity contribution is -0.135. The van der Waals surface area contributed by atoms with E-state index in [1.54, 1.807) is 72.9 Å². The first kappa shape index (κ1) is 84.1. The SMILES string of the molecule is C.CC.CC.CC.CC.COC(=O)/C=C\n1nnn(-c2ccccc2)c1=O.COC(=O)/C=C\n1nnn(-c2ccccn2)c1=O.COC(=O)/C=C\n1nnn(-c2cccnc2)c1=O.COC(=O)/C=C\n1nnn(-c2ccncc2)c1=O.COC(=O)/C=C\n1nnn(C2CCCCC2)c1=O. The van der Waals surface area contributed by atoms with Crippen molar-refractivity contribution in [2.45, 2.75) is 101 Å². The summed E-state index contributed by atoms with van der Waals surface area (Å²) in [6.07, 6.45) is 24.4. The number of pyridine rings is 3. The van der Waals surface area contributed by atoms with Crippen molar-refractivity contribution >= 4 is 60.8 Å². The van der Waals surface area contributed by atoms with E-state index in [4.69, 9.17) is 0 Å². The lowest BCUT2D eigenvalue weighted by Gasteiger charge is -2.19. The molecule has 0 spiro atoms. The number of carbonyl (C=O) groups excluding carboxylic acids is 5. The van der Waals surface area contributed by atoms with Gasteiger partial charge in [0.15, 0.2) is 5.82 Å². The quantitative estimate of drug-likeness (QED) is 0.0800. The summed E-state index contributed by atoms with van der Waals surface area (Å²) >= 11 is 0. The largest absolute Gasteiger partial charge is 0.466 e. The van der Waals surface area contributed by atoms with Gasteiger partial charge in [-0.2, -0.15) is 42.1 Å². The van der Waals surface area contributed by atoms with E-state index in [1.807, 2.05) is 61.5 Å². The molecule has 1 aliphatic rings. The van der Waals surface area contributed by atoms with Gasteiger partial charge >= 0.3 is 58.3 Å². The smallest absolute Gasteiger partial charge is 0.374 e. The molecule has 1 aromatic carbocycles. The van der Waals surface area contributed by atoms with Crippen molar-refractivity contribution in [3.63, 3.8) is 0 Å². The van der Waals surface area contributed by atoms with Crippen LogP contribution in [0.25, 0.3) is 53.9 Å². The second kappa shape index (κ2) is 47.9. The molecule has 38 heteroatoms. The van der Waals surface area contributed by atoms with Crippen molar-refractivity contribution < 1.29 is 47.7 Å². The number of nitrogens with zero attached hydrogens (tertiary/aromatic N) is 23. The molecule has 1 aliphatic carbocycles. The van der Waals surface area contributed by atoms with Gasteiger partial charge in [-0.05, 0) is 114 Å². The van der Waals surface area contributed by atoms with Crippen LogP contribution in [0, 0.1) is 0 Å². The fourth-order valence-corrected chi connectivity index (χ4v) is 6.96. The zero-order chi connectivity index (χ0) is 72.8. The van der Waals surface area contributed by atoms with Gasteiger partial charge in [-0.3, -0.25) is 9.97 Å². The molecule has 0 N–H and O–H groups in total. The average molecular weight is 1380 g/mol. The van der Waals surface area contributed by atoms with Gasteiger partial charge in [0.1, 0.15) is 0 Å².